The Bertz CT molecular complexity index is 292. The average molecular weight is 351 g/mol. The second-order valence-corrected chi connectivity index (χ2v) is 7.01. The van der Waals surface area contributed by atoms with Crippen molar-refractivity contribution in [3.8, 4) is 0 Å². The molecule has 0 aliphatic rings. The molecule has 5 nitrogen and oxygen atoms in total. The highest BCUT2D eigenvalue weighted by molar-refractivity contribution is 6.60. The van der Waals surface area contributed by atoms with Gasteiger partial charge < -0.3 is 18.3 Å². The van der Waals surface area contributed by atoms with E-state index in [0.717, 1.165) is 25.3 Å². The van der Waals surface area contributed by atoms with Gasteiger partial charge in [0.25, 0.3) is 0 Å². The first-order valence-corrected chi connectivity index (χ1v) is 9.63. The smallest absolute Gasteiger partial charge is 0.374 e. The van der Waals surface area contributed by atoms with Crippen molar-refractivity contribution in [2.24, 2.45) is 0 Å². The lowest BCUT2D eigenvalue weighted by molar-refractivity contribution is 0.0707. The van der Waals surface area contributed by atoms with E-state index >= 15 is 0 Å². The largest absolute Gasteiger partial charge is 0.500 e. The molecule has 130 valence electrons. The minimum atomic E-state index is -2.38. The molecular weight excluding hydrogens is 320 g/mol. The number of nitrogens with zero attached hydrogens (tertiary/aromatic N) is 1. The van der Waals surface area contributed by atoms with Crippen LogP contribution in [0.4, 0.5) is 0 Å². The first-order valence-electron chi connectivity index (χ1n) is 7.70. The summed E-state index contributed by atoms with van der Waals surface area (Å²) in [5.41, 5.74) is 0. The van der Waals surface area contributed by atoms with E-state index in [2.05, 4.69) is 16.5 Å². The number of hydrogen-bond acceptors (Lipinski definition) is 4. The highest BCUT2D eigenvalue weighted by atomic mass is 35.5. The Kier molecular flexibility index (Phi) is 17.9. The fraction of sp³-hybridized carbons (Fsp3) is 0.667. The molecule has 0 saturated carbocycles. The van der Waals surface area contributed by atoms with Gasteiger partial charge >= 0.3 is 8.80 Å². The minimum Gasteiger partial charge on any atom is -0.374 e. The van der Waals surface area contributed by atoms with E-state index in [-0.39, 0.29) is 12.4 Å². The van der Waals surface area contributed by atoms with Crippen LogP contribution in [-0.2, 0) is 13.3 Å². The molecule has 0 amide bonds. The summed E-state index contributed by atoms with van der Waals surface area (Å²) in [6.45, 7) is 11.7. The normalized spacial score (nSPS) is 10.3. The van der Waals surface area contributed by atoms with Crippen LogP contribution >= 0.6 is 12.4 Å². The molecule has 0 saturated heterocycles. The summed E-state index contributed by atoms with van der Waals surface area (Å²) in [7, 11) is -2.38. The molecular formula is C15H31ClN2O3Si. The van der Waals surface area contributed by atoms with E-state index in [1.54, 1.807) is 18.7 Å². The Morgan fingerprint density at radius 1 is 1.09 bits per heavy atom. The van der Waals surface area contributed by atoms with Crippen molar-refractivity contribution in [3.05, 3.63) is 31.4 Å². The fourth-order valence-electron chi connectivity index (χ4n) is 1.85. The summed E-state index contributed by atoms with van der Waals surface area (Å²) in [5.74, 6) is 0. The molecule has 0 aliphatic heterocycles. The maximum absolute atomic E-state index is 5.76. The zero-order valence-corrected chi connectivity index (χ0v) is 15.9. The number of imidazole rings is 1. The molecule has 0 unspecified atom stereocenters. The van der Waals surface area contributed by atoms with E-state index in [4.69, 9.17) is 13.3 Å². The predicted octanol–water partition coefficient (Wildman–Crippen LogP) is 4.22. The molecule has 0 radical (unpaired) electrons. The topological polar surface area (TPSA) is 56.4 Å². The van der Waals surface area contributed by atoms with E-state index in [0.29, 0.717) is 19.8 Å². The van der Waals surface area contributed by atoms with E-state index in [1.165, 1.54) is 0 Å². The maximum atomic E-state index is 5.76. The minimum absolute atomic E-state index is 0. The third-order valence-electron chi connectivity index (χ3n) is 2.64. The van der Waals surface area contributed by atoms with Gasteiger partial charge in [0.05, 0.1) is 6.33 Å². The van der Waals surface area contributed by atoms with Gasteiger partial charge in [0.15, 0.2) is 0 Å². The van der Waals surface area contributed by atoms with Gasteiger partial charge in [0, 0.05) is 38.3 Å². The lowest BCUT2D eigenvalue weighted by atomic mass is 10.2. The number of nitrogens with one attached hydrogen (secondary N) is 1. The second-order valence-electron chi connectivity index (χ2n) is 4.28. The first kappa shape index (κ1) is 23.6. The maximum Gasteiger partial charge on any atom is 0.500 e. The van der Waals surface area contributed by atoms with Crippen LogP contribution in [0.5, 0.6) is 0 Å². The molecule has 7 heteroatoms. The number of H-pyrrole nitrogens is 1. The Morgan fingerprint density at radius 3 is 2.00 bits per heavy atom. The van der Waals surface area contributed by atoms with E-state index in [9.17, 15) is 0 Å². The number of aromatic nitrogens is 2. The van der Waals surface area contributed by atoms with E-state index in [1.807, 2.05) is 26.8 Å². The lowest BCUT2D eigenvalue weighted by Gasteiger charge is -2.28. The van der Waals surface area contributed by atoms with Crippen LogP contribution < -0.4 is 0 Å². The molecule has 1 aromatic rings. The molecule has 0 spiro atoms. The third kappa shape index (κ3) is 11.9. The number of rotatable bonds is 11. The summed E-state index contributed by atoms with van der Waals surface area (Å²) < 4.78 is 17.3. The van der Waals surface area contributed by atoms with Gasteiger partial charge in [-0.2, -0.15) is 0 Å². The quantitative estimate of drug-likeness (QED) is 0.368. The van der Waals surface area contributed by atoms with Gasteiger partial charge in [-0.25, -0.2) is 4.98 Å². The molecule has 0 bridgehead atoms. The van der Waals surface area contributed by atoms with Crippen LogP contribution in [0, 0.1) is 0 Å². The van der Waals surface area contributed by atoms with Crippen LogP contribution in [0.1, 0.15) is 40.0 Å². The van der Waals surface area contributed by atoms with Crippen molar-refractivity contribution in [2.75, 3.05) is 19.8 Å². The molecule has 0 aromatic carbocycles. The molecule has 1 rings (SSSR count). The fourth-order valence-corrected chi connectivity index (χ4v) is 4.53. The summed E-state index contributed by atoms with van der Waals surface area (Å²) in [6.07, 6.45) is 10.3. The molecule has 1 N–H and O–H groups in total. The van der Waals surface area contributed by atoms with Gasteiger partial charge in [0.1, 0.15) is 0 Å². The summed E-state index contributed by atoms with van der Waals surface area (Å²) in [4.78, 5) is 6.42. The summed E-state index contributed by atoms with van der Waals surface area (Å²) >= 11 is 0. The monoisotopic (exact) mass is 350 g/mol. The second kappa shape index (κ2) is 16.7. The Morgan fingerprint density at radius 2 is 1.68 bits per heavy atom. The Balaban J connectivity index is 0. The highest BCUT2D eigenvalue weighted by Gasteiger charge is 2.39. The van der Waals surface area contributed by atoms with Gasteiger partial charge in [0.2, 0.25) is 0 Å². The predicted molar refractivity (Wildman–Crippen MR) is 95.3 cm³/mol. The number of unbranched alkanes of at least 4 members (excludes halogenated alkanes) is 2. The summed E-state index contributed by atoms with van der Waals surface area (Å²) in [5, 5.41) is 0. The van der Waals surface area contributed by atoms with Gasteiger partial charge in [-0.1, -0.05) is 6.08 Å². The van der Waals surface area contributed by atoms with Crippen LogP contribution in [0.25, 0.3) is 0 Å². The highest BCUT2D eigenvalue weighted by Crippen LogP contribution is 2.19. The van der Waals surface area contributed by atoms with Crippen molar-refractivity contribution >= 4 is 21.2 Å². The molecule has 1 aromatic heterocycles. The van der Waals surface area contributed by atoms with Gasteiger partial charge in [-0.15, -0.1) is 19.0 Å². The van der Waals surface area contributed by atoms with Crippen molar-refractivity contribution in [3.63, 3.8) is 0 Å². The lowest BCUT2D eigenvalue weighted by Crippen LogP contribution is -2.45. The van der Waals surface area contributed by atoms with E-state index < -0.39 is 8.80 Å². The average Bonchev–Trinajstić information content (AvgIpc) is 3.04. The van der Waals surface area contributed by atoms with Crippen molar-refractivity contribution < 1.29 is 13.3 Å². The standard InChI is InChI=1S/C12H26O3Si.C3H4N2.ClH/c1-5-9-10-11-12-16(13-6-2,14-7-3)15-8-4;1-2-5-3-4-1;/h5H,1,6-12H2,2-4H3;1-3H,(H,4,5);1H. The summed E-state index contributed by atoms with van der Waals surface area (Å²) in [6, 6.07) is 0.913. The molecule has 1 heterocycles. The first-order chi connectivity index (χ1) is 10.2. The van der Waals surface area contributed by atoms with Crippen LogP contribution in [0.2, 0.25) is 6.04 Å². The Labute approximate surface area is 142 Å². The number of hydrogen-bond donors (Lipinski definition) is 1. The van der Waals surface area contributed by atoms with Gasteiger partial charge in [-0.3, -0.25) is 0 Å². The molecule has 0 atom stereocenters. The van der Waals surface area contributed by atoms with Crippen LogP contribution in [0.3, 0.4) is 0 Å². The van der Waals surface area contributed by atoms with Crippen molar-refractivity contribution in [2.45, 2.75) is 46.1 Å². The third-order valence-corrected chi connectivity index (χ3v) is 5.79. The van der Waals surface area contributed by atoms with Crippen LogP contribution in [0.15, 0.2) is 31.4 Å². The number of halogens is 1. The zero-order valence-electron chi connectivity index (χ0n) is 14.0. The molecule has 0 aliphatic carbocycles. The van der Waals surface area contributed by atoms with Crippen molar-refractivity contribution in [1.29, 1.82) is 0 Å². The Hall–Kier alpha value is -0.663. The molecule has 0 fully saturated rings. The number of aromatic amines is 1. The zero-order chi connectivity index (χ0) is 15.8. The van der Waals surface area contributed by atoms with Crippen LogP contribution in [-0.4, -0.2) is 38.6 Å². The SMILES string of the molecule is C=CCCCC[Si](OCC)(OCC)OCC.Cl.c1c[nH]cn1. The molecule has 22 heavy (non-hydrogen) atoms. The van der Waals surface area contributed by atoms with Gasteiger partial charge in [-0.05, 0) is 40.0 Å². The number of allylic oxidation sites excluding steroid dienone is 1. The van der Waals surface area contributed by atoms with Crippen molar-refractivity contribution in [1.82, 2.24) is 9.97 Å².